The van der Waals surface area contributed by atoms with Crippen molar-refractivity contribution >= 4 is 11.3 Å². The number of nitrogens with one attached hydrogen (secondary N) is 1. The molecule has 17 heavy (non-hydrogen) atoms. The van der Waals surface area contributed by atoms with Crippen LogP contribution >= 0.6 is 11.3 Å². The molecule has 1 aliphatic carbocycles. The van der Waals surface area contributed by atoms with Gasteiger partial charge in [-0.1, -0.05) is 13.8 Å². The van der Waals surface area contributed by atoms with Crippen LogP contribution in [-0.2, 0) is 6.42 Å². The summed E-state index contributed by atoms with van der Waals surface area (Å²) in [6, 6.07) is 0.806. The van der Waals surface area contributed by atoms with Gasteiger partial charge in [0.1, 0.15) is 0 Å². The number of aryl methyl sites for hydroxylation is 2. The van der Waals surface area contributed by atoms with Gasteiger partial charge in [-0.2, -0.15) is 0 Å². The van der Waals surface area contributed by atoms with Crippen molar-refractivity contribution in [2.45, 2.75) is 59.4 Å². The van der Waals surface area contributed by atoms with Gasteiger partial charge in [-0.05, 0) is 38.5 Å². The van der Waals surface area contributed by atoms with Crippen LogP contribution in [-0.4, -0.2) is 17.6 Å². The van der Waals surface area contributed by atoms with Crippen LogP contribution < -0.4 is 5.32 Å². The Balaban J connectivity index is 1.96. The normalized spacial score (nSPS) is 19.3. The zero-order chi connectivity index (χ0) is 12.5. The summed E-state index contributed by atoms with van der Waals surface area (Å²) in [5.74, 6) is 0. The van der Waals surface area contributed by atoms with Crippen molar-refractivity contribution in [2.24, 2.45) is 5.41 Å². The highest BCUT2D eigenvalue weighted by Crippen LogP contribution is 2.30. The Morgan fingerprint density at radius 1 is 1.41 bits per heavy atom. The average Bonchev–Trinajstić information content (AvgIpc) is 3.05. The van der Waals surface area contributed by atoms with E-state index >= 15 is 0 Å². The number of aromatic nitrogens is 1. The zero-order valence-corrected chi connectivity index (χ0v) is 12.3. The number of rotatable bonds is 6. The van der Waals surface area contributed by atoms with E-state index in [2.05, 4.69) is 38.0 Å². The minimum absolute atomic E-state index is 0.360. The van der Waals surface area contributed by atoms with Gasteiger partial charge in [0.25, 0.3) is 0 Å². The predicted octanol–water partition coefficient (Wildman–Crippen LogP) is 3.47. The van der Waals surface area contributed by atoms with Gasteiger partial charge in [0, 0.05) is 23.9 Å². The fourth-order valence-corrected chi connectivity index (χ4v) is 3.12. The molecule has 2 nitrogen and oxygen atoms in total. The third-order valence-corrected chi connectivity index (χ3v) is 4.97. The molecule has 2 rings (SSSR count). The molecular formula is C14H24N2S. The molecular weight excluding hydrogens is 228 g/mol. The van der Waals surface area contributed by atoms with Crippen LogP contribution in [0.5, 0.6) is 0 Å². The maximum Gasteiger partial charge on any atom is 0.0936 e. The topological polar surface area (TPSA) is 24.9 Å². The Kier molecular flexibility index (Phi) is 3.88. The quantitative estimate of drug-likeness (QED) is 0.838. The first-order valence-corrected chi connectivity index (χ1v) is 7.50. The summed E-state index contributed by atoms with van der Waals surface area (Å²) in [5.41, 5.74) is 1.57. The Labute approximate surface area is 109 Å². The Hall–Kier alpha value is -0.410. The van der Waals surface area contributed by atoms with Crippen molar-refractivity contribution in [2.75, 3.05) is 6.54 Å². The maximum atomic E-state index is 4.68. The number of nitrogens with zero attached hydrogens (tertiary/aromatic N) is 1. The van der Waals surface area contributed by atoms with Crippen molar-refractivity contribution in [1.82, 2.24) is 10.3 Å². The molecule has 1 saturated carbocycles. The molecule has 0 bridgehead atoms. The van der Waals surface area contributed by atoms with Gasteiger partial charge < -0.3 is 5.32 Å². The largest absolute Gasteiger partial charge is 0.313 e. The molecule has 0 saturated heterocycles. The second kappa shape index (κ2) is 5.07. The molecule has 1 aliphatic rings. The van der Waals surface area contributed by atoms with E-state index in [1.54, 1.807) is 0 Å². The summed E-state index contributed by atoms with van der Waals surface area (Å²) < 4.78 is 0. The molecule has 0 spiro atoms. The Morgan fingerprint density at radius 2 is 2.12 bits per heavy atom. The maximum absolute atomic E-state index is 4.68. The smallest absolute Gasteiger partial charge is 0.0936 e. The lowest BCUT2D eigenvalue weighted by atomic mass is 9.84. The molecule has 1 unspecified atom stereocenters. The molecule has 1 fully saturated rings. The molecule has 1 heterocycles. The molecule has 1 aromatic heterocycles. The summed E-state index contributed by atoms with van der Waals surface area (Å²) in [6.45, 7) is 10.1. The first-order valence-electron chi connectivity index (χ1n) is 6.69. The SMILES string of the molecule is CCC(C)(CNC1CC1)Cc1nc(C)c(C)s1. The summed E-state index contributed by atoms with van der Waals surface area (Å²) in [6.07, 6.45) is 5.07. The highest BCUT2D eigenvalue weighted by molar-refractivity contribution is 7.11. The van der Waals surface area contributed by atoms with Gasteiger partial charge in [0.15, 0.2) is 0 Å². The van der Waals surface area contributed by atoms with Crippen LogP contribution in [0.4, 0.5) is 0 Å². The van der Waals surface area contributed by atoms with E-state index < -0.39 is 0 Å². The van der Waals surface area contributed by atoms with Crippen LogP contribution in [0.15, 0.2) is 0 Å². The number of thiazole rings is 1. The average molecular weight is 252 g/mol. The molecule has 0 aliphatic heterocycles. The van der Waals surface area contributed by atoms with E-state index in [9.17, 15) is 0 Å². The van der Waals surface area contributed by atoms with Gasteiger partial charge in [0.05, 0.1) is 10.7 Å². The minimum atomic E-state index is 0.360. The van der Waals surface area contributed by atoms with E-state index in [0.717, 1.165) is 19.0 Å². The number of hydrogen-bond donors (Lipinski definition) is 1. The van der Waals surface area contributed by atoms with E-state index in [1.165, 1.54) is 34.8 Å². The second-order valence-corrected chi connectivity index (χ2v) is 7.03. The lowest BCUT2D eigenvalue weighted by Gasteiger charge is -2.27. The molecule has 0 aromatic carbocycles. The van der Waals surface area contributed by atoms with Crippen molar-refractivity contribution in [1.29, 1.82) is 0 Å². The molecule has 1 N–H and O–H groups in total. The Morgan fingerprint density at radius 3 is 2.59 bits per heavy atom. The monoisotopic (exact) mass is 252 g/mol. The third kappa shape index (κ3) is 3.52. The van der Waals surface area contributed by atoms with Crippen LogP contribution in [0.25, 0.3) is 0 Å². The fourth-order valence-electron chi connectivity index (χ4n) is 1.97. The van der Waals surface area contributed by atoms with Gasteiger partial charge in [-0.15, -0.1) is 11.3 Å². The third-order valence-electron chi connectivity index (χ3n) is 3.90. The summed E-state index contributed by atoms with van der Waals surface area (Å²) >= 11 is 1.87. The fraction of sp³-hybridized carbons (Fsp3) is 0.786. The molecule has 0 amide bonds. The van der Waals surface area contributed by atoms with Crippen LogP contribution in [0.2, 0.25) is 0 Å². The van der Waals surface area contributed by atoms with Gasteiger partial charge in [-0.25, -0.2) is 4.98 Å². The second-order valence-electron chi connectivity index (χ2n) is 5.75. The van der Waals surface area contributed by atoms with E-state index in [4.69, 9.17) is 0 Å². The first-order chi connectivity index (χ1) is 8.02. The molecule has 96 valence electrons. The summed E-state index contributed by atoms with van der Waals surface area (Å²) in [7, 11) is 0. The summed E-state index contributed by atoms with van der Waals surface area (Å²) in [4.78, 5) is 6.05. The molecule has 3 heteroatoms. The van der Waals surface area contributed by atoms with Crippen molar-refractivity contribution in [3.05, 3.63) is 15.6 Å². The summed E-state index contributed by atoms with van der Waals surface area (Å²) in [5, 5.41) is 4.97. The molecule has 1 aromatic rings. The van der Waals surface area contributed by atoms with E-state index in [-0.39, 0.29) is 0 Å². The van der Waals surface area contributed by atoms with Crippen molar-refractivity contribution in [3.63, 3.8) is 0 Å². The van der Waals surface area contributed by atoms with Crippen molar-refractivity contribution < 1.29 is 0 Å². The number of hydrogen-bond acceptors (Lipinski definition) is 3. The first kappa shape index (κ1) is 13.0. The van der Waals surface area contributed by atoms with Gasteiger partial charge >= 0.3 is 0 Å². The van der Waals surface area contributed by atoms with E-state index in [0.29, 0.717) is 5.41 Å². The zero-order valence-electron chi connectivity index (χ0n) is 11.5. The predicted molar refractivity (Wildman–Crippen MR) is 74.7 cm³/mol. The Bertz CT molecular complexity index is 362. The van der Waals surface area contributed by atoms with Crippen molar-refractivity contribution in [3.8, 4) is 0 Å². The molecule has 1 atom stereocenters. The van der Waals surface area contributed by atoms with Gasteiger partial charge in [0.2, 0.25) is 0 Å². The highest BCUT2D eigenvalue weighted by atomic mass is 32.1. The highest BCUT2D eigenvalue weighted by Gasteiger charge is 2.28. The van der Waals surface area contributed by atoms with Crippen LogP contribution in [0.1, 0.15) is 48.7 Å². The standard InChI is InChI=1S/C14H24N2S/c1-5-14(4,9-15-12-6-7-12)8-13-16-10(2)11(3)17-13/h12,15H,5-9H2,1-4H3. The van der Waals surface area contributed by atoms with Crippen LogP contribution in [0, 0.1) is 19.3 Å². The van der Waals surface area contributed by atoms with Gasteiger partial charge in [-0.3, -0.25) is 0 Å². The molecule has 0 radical (unpaired) electrons. The van der Waals surface area contributed by atoms with E-state index in [1.807, 2.05) is 11.3 Å². The lowest BCUT2D eigenvalue weighted by molar-refractivity contribution is 0.289. The lowest BCUT2D eigenvalue weighted by Crippen LogP contribution is -2.34. The van der Waals surface area contributed by atoms with Crippen LogP contribution in [0.3, 0.4) is 0 Å². The minimum Gasteiger partial charge on any atom is -0.313 e.